The normalized spacial score (nSPS) is 14.9. The van der Waals surface area contributed by atoms with Crippen molar-refractivity contribution in [2.75, 3.05) is 16.8 Å². The van der Waals surface area contributed by atoms with Gasteiger partial charge in [0.15, 0.2) is 5.60 Å². The molecule has 0 bridgehead atoms. The number of fused-ring (bicyclic) bond motifs is 1. The number of ether oxygens (including phenoxy) is 1. The third-order valence-corrected chi connectivity index (χ3v) is 4.97. The van der Waals surface area contributed by atoms with Crippen molar-refractivity contribution in [2.24, 2.45) is 0 Å². The zero-order valence-corrected chi connectivity index (χ0v) is 16.5. The Balaban J connectivity index is 1.90. The van der Waals surface area contributed by atoms with Gasteiger partial charge in [-0.25, -0.2) is 4.79 Å². The van der Waals surface area contributed by atoms with Gasteiger partial charge in [0.1, 0.15) is 12.3 Å². The molecule has 0 unspecified atom stereocenters. The van der Waals surface area contributed by atoms with E-state index in [0.717, 1.165) is 0 Å². The smallest absolute Gasteiger partial charge is 0.335 e. The minimum atomic E-state index is -1.27. The van der Waals surface area contributed by atoms with Crippen LogP contribution in [0.15, 0.2) is 36.4 Å². The monoisotopic (exact) mass is 422 g/mol. The van der Waals surface area contributed by atoms with E-state index in [1.165, 1.54) is 23.1 Å². The largest absolute Gasteiger partial charge is 0.478 e. The number of carboxylic acids is 1. The molecule has 0 saturated heterocycles. The summed E-state index contributed by atoms with van der Waals surface area (Å²) in [7, 11) is 0. The molecule has 0 radical (unpaired) electrons. The molecule has 0 aliphatic carbocycles. The maximum atomic E-state index is 12.8. The molecule has 0 atom stereocenters. The van der Waals surface area contributed by atoms with Crippen molar-refractivity contribution < 1.29 is 24.2 Å². The molecule has 0 aromatic heterocycles. The fourth-order valence-corrected chi connectivity index (χ4v) is 3.14. The van der Waals surface area contributed by atoms with E-state index in [2.05, 4.69) is 5.32 Å². The Kier molecular flexibility index (Phi) is 5.23. The van der Waals surface area contributed by atoms with Gasteiger partial charge in [0, 0.05) is 0 Å². The summed E-state index contributed by atoms with van der Waals surface area (Å²) in [6.45, 7) is 2.78. The number of anilines is 2. The lowest BCUT2D eigenvalue weighted by Gasteiger charge is -2.38. The van der Waals surface area contributed by atoms with Crippen molar-refractivity contribution >= 4 is 52.4 Å². The van der Waals surface area contributed by atoms with Crippen molar-refractivity contribution in [3.8, 4) is 5.75 Å². The van der Waals surface area contributed by atoms with Gasteiger partial charge in [0.05, 0.1) is 27.0 Å². The van der Waals surface area contributed by atoms with E-state index in [0.29, 0.717) is 11.4 Å². The molecule has 1 aliphatic heterocycles. The highest BCUT2D eigenvalue weighted by Gasteiger charge is 2.41. The molecule has 2 amide bonds. The molecule has 2 aromatic carbocycles. The van der Waals surface area contributed by atoms with Crippen molar-refractivity contribution in [2.45, 2.75) is 19.4 Å². The highest BCUT2D eigenvalue weighted by molar-refractivity contribution is 6.44. The van der Waals surface area contributed by atoms with E-state index in [-0.39, 0.29) is 27.9 Å². The van der Waals surface area contributed by atoms with Gasteiger partial charge in [-0.1, -0.05) is 29.3 Å². The van der Waals surface area contributed by atoms with Crippen LogP contribution < -0.4 is 15.0 Å². The van der Waals surface area contributed by atoms with Gasteiger partial charge in [0.2, 0.25) is 5.91 Å². The second-order valence-electron chi connectivity index (χ2n) is 6.64. The first kappa shape index (κ1) is 20.0. The summed E-state index contributed by atoms with van der Waals surface area (Å²) >= 11 is 12.0. The minimum Gasteiger partial charge on any atom is -0.478 e. The molecule has 28 heavy (non-hydrogen) atoms. The molecular formula is C19H16Cl2N2O5. The second-order valence-corrected chi connectivity index (χ2v) is 7.43. The second kappa shape index (κ2) is 7.33. The van der Waals surface area contributed by atoms with Gasteiger partial charge in [-0.05, 0) is 44.2 Å². The first-order chi connectivity index (χ1) is 13.1. The zero-order valence-electron chi connectivity index (χ0n) is 15.0. The number of benzene rings is 2. The number of carbonyl (C=O) groups is 3. The Labute approximate surface area is 170 Å². The first-order valence-corrected chi connectivity index (χ1v) is 8.98. The van der Waals surface area contributed by atoms with Gasteiger partial charge < -0.3 is 15.2 Å². The standard InChI is InChI=1S/C19H16Cl2N2O5/c1-19(2)18(27)23(13-7-6-10(17(25)26)8-14(13)28-19)9-15(24)22-12-5-3-4-11(20)16(12)21/h3-8H,9H2,1-2H3,(H,22,24)(H,25,26). The maximum Gasteiger partial charge on any atom is 0.335 e. The van der Waals surface area contributed by atoms with Crippen molar-refractivity contribution in [3.63, 3.8) is 0 Å². The fourth-order valence-electron chi connectivity index (χ4n) is 2.80. The van der Waals surface area contributed by atoms with Crippen LogP contribution in [0.1, 0.15) is 24.2 Å². The van der Waals surface area contributed by atoms with Gasteiger partial charge in [-0.3, -0.25) is 14.5 Å². The molecule has 0 saturated carbocycles. The van der Waals surface area contributed by atoms with E-state index in [1.54, 1.807) is 32.0 Å². The predicted octanol–water partition coefficient (Wildman–Crippen LogP) is 3.83. The first-order valence-electron chi connectivity index (χ1n) is 8.22. The average molecular weight is 423 g/mol. The SMILES string of the molecule is CC1(C)Oc2cc(C(=O)O)ccc2N(CC(=O)Nc2cccc(Cl)c2Cl)C1=O. The number of amides is 2. The lowest BCUT2D eigenvalue weighted by molar-refractivity contribution is -0.133. The Bertz CT molecular complexity index is 990. The molecule has 3 rings (SSSR count). The minimum absolute atomic E-state index is 0.0130. The third kappa shape index (κ3) is 3.76. The van der Waals surface area contributed by atoms with Crippen LogP contribution in [0, 0.1) is 0 Å². The maximum absolute atomic E-state index is 12.8. The van der Waals surface area contributed by atoms with Crippen LogP contribution in [0.5, 0.6) is 5.75 Å². The average Bonchev–Trinajstić information content (AvgIpc) is 2.62. The molecule has 1 aliphatic rings. The summed E-state index contributed by atoms with van der Waals surface area (Å²) < 4.78 is 5.66. The number of carboxylic acid groups (broad SMARTS) is 1. The number of nitrogens with one attached hydrogen (secondary N) is 1. The van der Waals surface area contributed by atoms with Crippen LogP contribution in [0.3, 0.4) is 0 Å². The number of halogens is 2. The molecule has 146 valence electrons. The van der Waals surface area contributed by atoms with Crippen LogP contribution in [-0.4, -0.2) is 35.0 Å². The summed E-state index contributed by atoms with van der Waals surface area (Å²) in [5.74, 6) is -1.85. The lowest BCUT2D eigenvalue weighted by atomic mass is 10.0. The molecule has 1 heterocycles. The van der Waals surface area contributed by atoms with Gasteiger partial charge in [0.25, 0.3) is 5.91 Å². The zero-order chi connectivity index (χ0) is 20.6. The molecule has 2 N–H and O–H groups in total. The topological polar surface area (TPSA) is 95.9 Å². The number of rotatable bonds is 4. The van der Waals surface area contributed by atoms with Crippen LogP contribution in [0.4, 0.5) is 11.4 Å². The van der Waals surface area contributed by atoms with E-state index < -0.39 is 23.4 Å². The summed E-state index contributed by atoms with van der Waals surface area (Å²) in [6.07, 6.45) is 0. The number of nitrogens with zero attached hydrogens (tertiary/aromatic N) is 1. The van der Waals surface area contributed by atoms with E-state index in [1.807, 2.05) is 0 Å². The molecule has 0 fully saturated rings. The van der Waals surface area contributed by atoms with Crippen molar-refractivity contribution in [3.05, 3.63) is 52.0 Å². The highest BCUT2D eigenvalue weighted by Crippen LogP contribution is 2.38. The summed E-state index contributed by atoms with van der Waals surface area (Å²) in [5.41, 5.74) is -0.626. The summed E-state index contributed by atoms with van der Waals surface area (Å²) in [5, 5.41) is 12.3. The van der Waals surface area contributed by atoms with Crippen LogP contribution in [0.25, 0.3) is 0 Å². The van der Waals surface area contributed by atoms with Crippen molar-refractivity contribution in [1.82, 2.24) is 0 Å². The van der Waals surface area contributed by atoms with Gasteiger partial charge in [-0.15, -0.1) is 0 Å². The summed E-state index contributed by atoms with van der Waals surface area (Å²) in [4.78, 5) is 37.8. The highest BCUT2D eigenvalue weighted by atomic mass is 35.5. The van der Waals surface area contributed by atoms with E-state index >= 15 is 0 Å². The molecule has 7 nitrogen and oxygen atoms in total. The van der Waals surface area contributed by atoms with Crippen LogP contribution >= 0.6 is 23.2 Å². The quantitative estimate of drug-likeness (QED) is 0.779. The lowest BCUT2D eigenvalue weighted by Crippen LogP contribution is -2.54. The molecule has 0 spiro atoms. The molecule has 9 heteroatoms. The number of hydrogen-bond donors (Lipinski definition) is 2. The number of hydrogen-bond acceptors (Lipinski definition) is 4. The molecular weight excluding hydrogens is 407 g/mol. The van der Waals surface area contributed by atoms with E-state index in [4.69, 9.17) is 33.0 Å². The van der Waals surface area contributed by atoms with Gasteiger partial charge >= 0.3 is 5.97 Å². The molecule has 2 aromatic rings. The Morgan fingerprint density at radius 3 is 2.61 bits per heavy atom. The van der Waals surface area contributed by atoms with Crippen LogP contribution in [-0.2, 0) is 9.59 Å². The van der Waals surface area contributed by atoms with Crippen molar-refractivity contribution in [1.29, 1.82) is 0 Å². The third-order valence-electron chi connectivity index (χ3n) is 4.15. The Hall–Kier alpha value is -2.77. The number of carbonyl (C=O) groups excluding carboxylic acids is 2. The predicted molar refractivity (Wildman–Crippen MR) is 106 cm³/mol. The number of aromatic carboxylic acids is 1. The summed E-state index contributed by atoms with van der Waals surface area (Å²) in [6, 6.07) is 8.91. The van der Waals surface area contributed by atoms with Crippen LogP contribution in [0.2, 0.25) is 10.0 Å². The fraction of sp³-hybridized carbons (Fsp3) is 0.211. The Morgan fingerprint density at radius 1 is 1.21 bits per heavy atom. The Morgan fingerprint density at radius 2 is 1.93 bits per heavy atom. The van der Waals surface area contributed by atoms with E-state index in [9.17, 15) is 14.4 Å². The van der Waals surface area contributed by atoms with Gasteiger partial charge in [-0.2, -0.15) is 0 Å².